The highest BCUT2D eigenvalue weighted by Crippen LogP contribution is 2.21. The van der Waals surface area contributed by atoms with Gasteiger partial charge in [0.25, 0.3) is 11.5 Å². The Morgan fingerprint density at radius 3 is 2.38 bits per heavy atom. The lowest BCUT2D eigenvalue weighted by molar-refractivity contribution is 0.0937. The molecule has 2 atom stereocenters. The van der Waals surface area contributed by atoms with Gasteiger partial charge in [0.2, 0.25) is 0 Å². The van der Waals surface area contributed by atoms with Crippen molar-refractivity contribution in [3.63, 3.8) is 0 Å². The molecule has 3 heterocycles. The smallest absolute Gasteiger partial charge is 0.261 e. The van der Waals surface area contributed by atoms with E-state index in [4.69, 9.17) is 0 Å². The minimum atomic E-state index is -0.242. The van der Waals surface area contributed by atoms with E-state index in [-0.39, 0.29) is 23.6 Å². The Labute approximate surface area is 184 Å². The van der Waals surface area contributed by atoms with Crippen LogP contribution < -0.4 is 16.2 Å². The van der Waals surface area contributed by atoms with Crippen molar-refractivity contribution < 1.29 is 4.79 Å². The highest BCUT2D eigenvalue weighted by atomic mass is 16.2. The maximum Gasteiger partial charge on any atom is 0.261 e. The molecular weight excluding hydrogens is 408 g/mol. The van der Waals surface area contributed by atoms with Crippen molar-refractivity contribution in [2.75, 3.05) is 12.4 Å². The summed E-state index contributed by atoms with van der Waals surface area (Å²) in [7, 11) is 1.72. The first-order chi connectivity index (χ1) is 15.5. The molecule has 0 saturated carbocycles. The molecule has 0 fully saturated rings. The number of anilines is 1. The third-order valence-electron chi connectivity index (χ3n) is 5.32. The number of hydrogen-bond donors (Lipinski definition) is 2. The summed E-state index contributed by atoms with van der Waals surface area (Å²) in [6.07, 6.45) is 8.63. The van der Waals surface area contributed by atoms with Gasteiger partial charge in [-0.1, -0.05) is 0 Å². The molecule has 0 aliphatic carbocycles. The predicted octanol–water partition coefficient (Wildman–Crippen LogP) is 1.91. The standard InChI is InChI=1S/C22H26N8O2/c1-15(12-28-8-4-6-25-28)27-21(31)17-10-20-18(11-19(17)23-3)22(32)30(14-24-20)16(2)13-29-9-5-7-26-29/h4-11,14-16,23H,12-13H2,1-3H3,(H,27,31)/t15-,16-/m1/s1. The van der Waals surface area contributed by atoms with Crippen LogP contribution >= 0.6 is 0 Å². The number of rotatable bonds is 8. The summed E-state index contributed by atoms with van der Waals surface area (Å²) < 4.78 is 5.13. The normalized spacial score (nSPS) is 13.1. The van der Waals surface area contributed by atoms with Crippen LogP contribution in [0, 0.1) is 0 Å². The first-order valence-electron chi connectivity index (χ1n) is 10.4. The lowest BCUT2D eigenvalue weighted by atomic mass is 10.1. The Balaban J connectivity index is 1.60. The number of carbonyl (C=O) groups is 1. The van der Waals surface area contributed by atoms with E-state index in [1.54, 1.807) is 45.5 Å². The number of nitrogens with one attached hydrogen (secondary N) is 2. The molecule has 10 heteroatoms. The second kappa shape index (κ2) is 9.04. The molecule has 0 spiro atoms. The van der Waals surface area contributed by atoms with E-state index in [2.05, 4.69) is 25.8 Å². The quantitative estimate of drug-likeness (QED) is 0.438. The van der Waals surface area contributed by atoms with E-state index in [1.807, 2.05) is 38.4 Å². The fraction of sp³-hybridized carbons (Fsp3) is 0.318. The van der Waals surface area contributed by atoms with Gasteiger partial charge in [-0.3, -0.25) is 23.5 Å². The summed E-state index contributed by atoms with van der Waals surface area (Å²) in [6, 6.07) is 6.76. The monoisotopic (exact) mass is 434 g/mol. The summed E-state index contributed by atoms with van der Waals surface area (Å²) in [5.74, 6) is -0.242. The van der Waals surface area contributed by atoms with Crippen LogP contribution in [0.15, 0.2) is 60.2 Å². The summed E-state index contributed by atoms with van der Waals surface area (Å²) in [6.45, 7) is 4.96. The van der Waals surface area contributed by atoms with Crippen LogP contribution in [0.3, 0.4) is 0 Å². The fourth-order valence-corrected chi connectivity index (χ4v) is 3.69. The van der Waals surface area contributed by atoms with Crippen LogP contribution in [-0.4, -0.2) is 48.1 Å². The van der Waals surface area contributed by atoms with Gasteiger partial charge in [0.1, 0.15) is 0 Å². The van der Waals surface area contributed by atoms with Crippen molar-refractivity contribution in [2.24, 2.45) is 0 Å². The molecule has 1 aromatic carbocycles. The molecule has 2 N–H and O–H groups in total. The molecule has 0 aliphatic heterocycles. The fourth-order valence-electron chi connectivity index (χ4n) is 3.69. The molecule has 4 rings (SSSR count). The Morgan fingerprint density at radius 1 is 1.06 bits per heavy atom. The Bertz CT molecular complexity index is 1260. The zero-order valence-electron chi connectivity index (χ0n) is 18.3. The average molecular weight is 435 g/mol. The molecule has 3 aromatic heterocycles. The van der Waals surface area contributed by atoms with E-state index >= 15 is 0 Å². The highest BCUT2D eigenvalue weighted by Gasteiger charge is 2.18. The number of fused-ring (bicyclic) bond motifs is 1. The van der Waals surface area contributed by atoms with Crippen molar-refractivity contribution in [3.8, 4) is 0 Å². The molecule has 0 saturated heterocycles. The van der Waals surface area contributed by atoms with Crippen LogP contribution in [-0.2, 0) is 13.1 Å². The van der Waals surface area contributed by atoms with Gasteiger partial charge in [-0.25, -0.2) is 4.98 Å². The van der Waals surface area contributed by atoms with Crippen LogP contribution in [0.25, 0.3) is 10.9 Å². The highest BCUT2D eigenvalue weighted by molar-refractivity contribution is 6.03. The number of carbonyl (C=O) groups excluding carboxylic acids is 1. The molecule has 0 aliphatic rings. The van der Waals surface area contributed by atoms with Crippen LogP contribution in [0.1, 0.15) is 30.2 Å². The van der Waals surface area contributed by atoms with Crippen LogP contribution in [0.4, 0.5) is 5.69 Å². The first-order valence-corrected chi connectivity index (χ1v) is 10.4. The van der Waals surface area contributed by atoms with Gasteiger partial charge in [0.15, 0.2) is 0 Å². The SMILES string of the molecule is CNc1cc2c(=O)n([C@H](C)Cn3cccn3)cnc2cc1C(=O)N[C@H](C)Cn1cccn1. The van der Waals surface area contributed by atoms with Crippen molar-refractivity contribution in [3.05, 3.63) is 71.3 Å². The summed E-state index contributed by atoms with van der Waals surface area (Å²) in [5, 5.41) is 14.8. The van der Waals surface area contributed by atoms with Gasteiger partial charge in [0, 0.05) is 43.6 Å². The maximum absolute atomic E-state index is 13.2. The Morgan fingerprint density at radius 2 is 1.75 bits per heavy atom. The number of nitrogens with zero attached hydrogens (tertiary/aromatic N) is 6. The van der Waals surface area contributed by atoms with Gasteiger partial charge in [-0.15, -0.1) is 0 Å². The van der Waals surface area contributed by atoms with Crippen molar-refractivity contribution in [1.29, 1.82) is 0 Å². The van der Waals surface area contributed by atoms with Crippen LogP contribution in [0.2, 0.25) is 0 Å². The molecule has 32 heavy (non-hydrogen) atoms. The van der Waals surface area contributed by atoms with Crippen LogP contribution in [0.5, 0.6) is 0 Å². The van der Waals surface area contributed by atoms with Gasteiger partial charge in [-0.2, -0.15) is 10.2 Å². The lowest BCUT2D eigenvalue weighted by Crippen LogP contribution is -2.36. The summed E-state index contributed by atoms with van der Waals surface area (Å²) >= 11 is 0. The van der Waals surface area contributed by atoms with E-state index in [1.165, 1.54) is 6.33 Å². The molecule has 0 bridgehead atoms. The van der Waals surface area contributed by atoms with E-state index < -0.39 is 0 Å². The largest absolute Gasteiger partial charge is 0.387 e. The van der Waals surface area contributed by atoms with Crippen molar-refractivity contribution in [1.82, 2.24) is 34.4 Å². The summed E-state index contributed by atoms with van der Waals surface area (Å²) in [5.41, 5.74) is 1.31. The van der Waals surface area contributed by atoms with Gasteiger partial charge >= 0.3 is 0 Å². The van der Waals surface area contributed by atoms with Gasteiger partial charge < -0.3 is 10.6 Å². The van der Waals surface area contributed by atoms with Crippen molar-refractivity contribution >= 4 is 22.5 Å². The third-order valence-corrected chi connectivity index (χ3v) is 5.32. The lowest BCUT2D eigenvalue weighted by Gasteiger charge is -2.18. The van der Waals surface area contributed by atoms with E-state index in [0.717, 1.165) is 0 Å². The predicted molar refractivity (Wildman–Crippen MR) is 122 cm³/mol. The number of hydrogen-bond acceptors (Lipinski definition) is 6. The Hall–Kier alpha value is -3.95. The minimum Gasteiger partial charge on any atom is -0.387 e. The molecule has 10 nitrogen and oxygen atoms in total. The topological polar surface area (TPSA) is 112 Å². The minimum absolute atomic E-state index is 0.132. The zero-order valence-corrected chi connectivity index (χ0v) is 18.3. The second-order valence-corrected chi connectivity index (χ2v) is 7.80. The van der Waals surface area contributed by atoms with Crippen molar-refractivity contribution in [2.45, 2.75) is 39.0 Å². The molecule has 0 radical (unpaired) electrons. The number of benzene rings is 1. The van der Waals surface area contributed by atoms with E-state index in [9.17, 15) is 9.59 Å². The average Bonchev–Trinajstić information content (AvgIpc) is 3.47. The Kier molecular flexibility index (Phi) is 6.02. The second-order valence-electron chi connectivity index (χ2n) is 7.80. The molecule has 0 unspecified atom stereocenters. The third kappa shape index (κ3) is 4.39. The molecule has 1 amide bonds. The van der Waals surface area contributed by atoms with Gasteiger partial charge in [-0.05, 0) is 38.1 Å². The maximum atomic E-state index is 13.2. The molecular formula is C22H26N8O2. The zero-order chi connectivity index (χ0) is 22.7. The number of aromatic nitrogens is 6. The van der Waals surface area contributed by atoms with Gasteiger partial charge in [0.05, 0.1) is 41.9 Å². The molecule has 166 valence electrons. The summed E-state index contributed by atoms with van der Waals surface area (Å²) in [4.78, 5) is 30.6. The first kappa shape index (κ1) is 21.3. The van der Waals surface area contributed by atoms with E-state index in [0.29, 0.717) is 35.2 Å². The molecule has 4 aromatic rings. The number of amides is 1.